The van der Waals surface area contributed by atoms with Crippen LogP contribution in [0, 0.1) is 0 Å². The van der Waals surface area contributed by atoms with E-state index in [0.717, 1.165) is 42.3 Å². The van der Waals surface area contributed by atoms with Crippen molar-refractivity contribution in [1.82, 2.24) is 15.0 Å². The number of fused-ring (bicyclic) bond motifs is 1. The topological polar surface area (TPSA) is 59.2 Å². The molecule has 1 aliphatic rings. The fourth-order valence-corrected chi connectivity index (χ4v) is 3.22. The van der Waals surface area contributed by atoms with Crippen LogP contribution in [-0.2, 0) is 11.2 Å². The summed E-state index contributed by atoms with van der Waals surface area (Å²) >= 11 is 0. The van der Waals surface area contributed by atoms with Crippen molar-refractivity contribution in [2.75, 3.05) is 13.1 Å². The molecule has 0 bridgehead atoms. The van der Waals surface area contributed by atoms with Crippen molar-refractivity contribution < 1.29 is 9.32 Å². The molecule has 122 valence electrons. The Hall–Kier alpha value is -2.69. The number of rotatable bonds is 4. The van der Waals surface area contributed by atoms with E-state index in [1.54, 1.807) is 0 Å². The fourth-order valence-electron chi connectivity index (χ4n) is 3.22. The van der Waals surface area contributed by atoms with Crippen molar-refractivity contribution >= 4 is 16.7 Å². The molecule has 1 aromatic heterocycles. The quantitative estimate of drug-likeness (QED) is 0.738. The Kier molecular flexibility index (Phi) is 3.99. The second kappa shape index (κ2) is 6.43. The van der Waals surface area contributed by atoms with Gasteiger partial charge in [0.05, 0.1) is 0 Å². The molecule has 0 N–H and O–H groups in total. The molecular formula is C19H19N3O2. The Morgan fingerprint density at radius 3 is 2.75 bits per heavy atom. The van der Waals surface area contributed by atoms with Crippen molar-refractivity contribution in [3.63, 3.8) is 0 Å². The van der Waals surface area contributed by atoms with Gasteiger partial charge in [-0.3, -0.25) is 4.79 Å². The van der Waals surface area contributed by atoms with E-state index in [1.165, 1.54) is 0 Å². The Bertz CT molecular complexity index is 860. The standard InChI is InChI=1S/C19H19N3O2/c23-18(22-12-3-4-13-22)11-10-17-20-19(21-24-17)16-9-5-7-14-6-1-2-8-15(14)16/h1-2,5-9H,3-4,10-13H2. The molecule has 1 aliphatic heterocycles. The van der Waals surface area contributed by atoms with Crippen LogP contribution in [0.1, 0.15) is 25.2 Å². The van der Waals surface area contributed by atoms with E-state index >= 15 is 0 Å². The predicted molar refractivity (Wildman–Crippen MR) is 91.4 cm³/mol. The van der Waals surface area contributed by atoms with Gasteiger partial charge in [-0.1, -0.05) is 47.6 Å². The third-order valence-electron chi connectivity index (χ3n) is 4.51. The molecule has 5 nitrogen and oxygen atoms in total. The van der Waals surface area contributed by atoms with Crippen LogP contribution >= 0.6 is 0 Å². The van der Waals surface area contributed by atoms with Crippen LogP contribution in [0.15, 0.2) is 47.0 Å². The summed E-state index contributed by atoms with van der Waals surface area (Å²) < 4.78 is 5.35. The average molecular weight is 321 g/mol. The highest BCUT2D eigenvalue weighted by Crippen LogP contribution is 2.26. The number of hydrogen-bond acceptors (Lipinski definition) is 4. The van der Waals surface area contributed by atoms with Crippen molar-refractivity contribution in [1.29, 1.82) is 0 Å². The second-order valence-corrected chi connectivity index (χ2v) is 6.13. The molecule has 1 amide bonds. The second-order valence-electron chi connectivity index (χ2n) is 6.13. The van der Waals surface area contributed by atoms with Gasteiger partial charge in [0.25, 0.3) is 0 Å². The number of carbonyl (C=O) groups excluding carboxylic acids is 1. The molecule has 5 heteroatoms. The van der Waals surface area contributed by atoms with E-state index in [-0.39, 0.29) is 5.91 Å². The first kappa shape index (κ1) is 14.9. The fraction of sp³-hybridized carbons (Fsp3) is 0.316. The number of hydrogen-bond donors (Lipinski definition) is 0. The summed E-state index contributed by atoms with van der Waals surface area (Å²) in [5.74, 6) is 1.28. The lowest BCUT2D eigenvalue weighted by molar-refractivity contribution is -0.130. The highest BCUT2D eigenvalue weighted by atomic mass is 16.5. The Morgan fingerprint density at radius 2 is 1.88 bits per heavy atom. The van der Waals surface area contributed by atoms with Crippen LogP contribution < -0.4 is 0 Å². The van der Waals surface area contributed by atoms with Crippen molar-refractivity contribution in [2.24, 2.45) is 0 Å². The van der Waals surface area contributed by atoms with E-state index in [1.807, 2.05) is 29.2 Å². The van der Waals surface area contributed by atoms with Crippen LogP contribution in [0.5, 0.6) is 0 Å². The average Bonchev–Trinajstić information content (AvgIpc) is 3.31. The number of aryl methyl sites for hydroxylation is 1. The van der Waals surface area contributed by atoms with E-state index in [9.17, 15) is 4.79 Å². The number of nitrogens with zero attached hydrogens (tertiary/aromatic N) is 3. The zero-order valence-corrected chi connectivity index (χ0v) is 13.4. The molecule has 0 saturated carbocycles. The molecule has 2 aromatic carbocycles. The summed E-state index contributed by atoms with van der Waals surface area (Å²) in [6.45, 7) is 1.76. The van der Waals surface area contributed by atoms with Gasteiger partial charge in [0, 0.05) is 31.5 Å². The molecule has 0 spiro atoms. The van der Waals surface area contributed by atoms with Crippen LogP contribution in [0.25, 0.3) is 22.2 Å². The highest BCUT2D eigenvalue weighted by Gasteiger charge is 2.19. The molecule has 3 aromatic rings. The van der Waals surface area contributed by atoms with Crippen LogP contribution in [0.4, 0.5) is 0 Å². The van der Waals surface area contributed by atoms with Gasteiger partial charge in [0.2, 0.25) is 17.6 Å². The summed E-state index contributed by atoms with van der Waals surface area (Å²) in [6.07, 6.45) is 3.14. The Balaban J connectivity index is 1.51. The van der Waals surface area contributed by atoms with Gasteiger partial charge in [-0.2, -0.15) is 4.98 Å². The number of likely N-dealkylation sites (tertiary alicyclic amines) is 1. The minimum atomic E-state index is 0.178. The molecule has 24 heavy (non-hydrogen) atoms. The molecule has 4 rings (SSSR count). The number of aromatic nitrogens is 2. The summed E-state index contributed by atoms with van der Waals surface area (Å²) in [4.78, 5) is 18.5. The molecule has 1 saturated heterocycles. The van der Waals surface area contributed by atoms with Gasteiger partial charge in [-0.15, -0.1) is 0 Å². The maximum atomic E-state index is 12.1. The maximum Gasteiger partial charge on any atom is 0.227 e. The SMILES string of the molecule is O=C(CCc1nc(-c2cccc3ccccc23)no1)N1CCCC1. The first-order valence-electron chi connectivity index (χ1n) is 8.40. The monoisotopic (exact) mass is 321 g/mol. The predicted octanol–water partition coefficient (Wildman–Crippen LogP) is 3.44. The maximum absolute atomic E-state index is 12.1. The molecule has 1 fully saturated rings. The van der Waals surface area contributed by atoms with Gasteiger partial charge >= 0.3 is 0 Å². The molecule has 0 unspecified atom stereocenters. The highest BCUT2D eigenvalue weighted by molar-refractivity contribution is 5.94. The third-order valence-corrected chi connectivity index (χ3v) is 4.51. The van der Waals surface area contributed by atoms with Gasteiger partial charge in [0.1, 0.15) is 0 Å². The minimum Gasteiger partial charge on any atom is -0.343 e. The smallest absolute Gasteiger partial charge is 0.227 e. The first-order chi connectivity index (χ1) is 11.8. The molecular weight excluding hydrogens is 302 g/mol. The van der Waals surface area contributed by atoms with Gasteiger partial charge in [-0.25, -0.2) is 0 Å². The first-order valence-corrected chi connectivity index (χ1v) is 8.40. The third kappa shape index (κ3) is 2.89. The lowest BCUT2D eigenvalue weighted by Gasteiger charge is -2.13. The summed E-state index contributed by atoms with van der Waals surface area (Å²) in [7, 11) is 0. The van der Waals surface area contributed by atoms with E-state index in [2.05, 4.69) is 28.3 Å². The van der Waals surface area contributed by atoms with E-state index < -0.39 is 0 Å². The Morgan fingerprint density at radius 1 is 1.08 bits per heavy atom. The van der Waals surface area contributed by atoms with Gasteiger partial charge < -0.3 is 9.42 Å². The summed E-state index contributed by atoms with van der Waals surface area (Å²) in [5, 5.41) is 6.34. The Labute approximate surface area is 140 Å². The van der Waals surface area contributed by atoms with Crippen molar-refractivity contribution in [2.45, 2.75) is 25.7 Å². The van der Waals surface area contributed by atoms with Crippen molar-refractivity contribution in [3.8, 4) is 11.4 Å². The molecule has 0 aliphatic carbocycles. The number of benzene rings is 2. The van der Waals surface area contributed by atoms with Gasteiger partial charge in [0.15, 0.2) is 0 Å². The minimum absolute atomic E-state index is 0.178. The van der Waals surface area contributed by atoms with Crippen LogP contribution in [-0.4, -0.2) is 34.0 Å². The zero-order chi connectivity index (χ0) is 16.4. The summed E-state index contributed by atoms with van der Waals surface area (Å²) in [5.41, 5.74) is 0.953. The normalized spacial score (nSPS) is 14.4. The van der Waals surface area contributed by atoms with Crippen LogP contribution in [0.2, 0.25) is 0 Å². The van der Waals surface area contributed by atoms with E-state index in [4.69, 9.17) is 4.52 Å². The lowest BCUT2D eigenvalue weighted by Crippen LogP contribution is -2.27. The molecule has 0 radical (unpaired) electrons. The van der Waals surface area contributed by atoms with E-state index in [0.29, 0.717) is 24.6 Å². The molecule has 2 heterocycles. The van der Waals surface area contributed by atoms with Crippen molar-refractivity contribution in [3.05, 3.63) is 48.4 Å². The number of carbonyl (C=O) groups is 1. The van der Waals surface area contributed by atoms with Crippen LogP contribution in [0.3, 0.4) is 0 Å². The lowest BCUT2D eigenvalue weighted by atomic mass is 10.0. The van der Waals surface area contributed by atoms with Gasteiger partial charge in [-0.05, 0) is 23.6 Å². The summed E-state index contributed by atoms with van der Waals surface area (Å²) in [6, 6.07) is 14.2. The largest absolute Gasteiger partial charge is 0.343 e. The number of amides is 1. The zero-order valence-electron chi connectivity index (χ0n) is 13.4. The molecule has 0 atom stereocenters.